The fourth-order valence-electron chi connectivity index (χ4n) is 3.20. The fraction of sp³-hybridized carbons (Fsp3) is 0.304. The summed E-state index contributed by atoms with van der Waals surface area (Å²) in [6.45, 7) is -0.483. The van der Waals surface area contributed by atoms with E-state index in [4.69, 9.17) is 20.9 Å². The summed E-state index contributed by atoms with van der Waals surface area (Å²) in [5.74, 6) is -1.05. The van der Waals surface area contributed by atoms with E-state index in [2.05, 4.69) is 15.8 Å². The number of rotatable bonds is 11. The number of carbonyl (C=O) groups is 1. The molecule has 0 aliphatic heterocycles. The number of ether oxygens (including phenoxy) is 1. The van der Waals surface area contributed by atoms with E-state index in [9.17, 15) is 22.4 Å². The highest BCUT2D eigenvalue weighted by Gasteiger charge is 2.20. The minimum Gasteiger partial charge on any atom is -0.448 e. The molecule has 0 aliphatic carbocycles. The molecule has 1 aromatic heterocycles. The van der Waals surface area contributed by atoms with Crippen LogP contribution in [-0.2, 0) is 11.3 Å². The van der Waals surface area contributed by atoms with Crippen LogP contribution >= 0.6 is 11.6 Å². The largest absolute Gasteiger partial charge is 0.448 e. The highest BCUT2D eigenvalue weighted by atomic mass is 35.5. The molecular formula is C23H23ClF4N4O3. The van der Waals surface area contributed by atoms with Gasteiger partial charge in [-0.3, -0.25) is 10.2 Å². The molecule has 0 bridgehead atoms. The van der Waals surface area contributed by atoms with Crippen LogP contribution in [0.5, 0.6) is 0 Å². The molecule has 188 valence electrons. The van der Waals surface area contributed by atoms with Gasteiger partial charge in [0, 0.05) is 24.7 Å². The van der Waals surface area contributed by atoms with Crippen molar-refractivity contribution in [3.63, 3.8) is 0 Å². The molecule has 35 heavy (non-hydrogen) atoms. The van der Waals surface area contributed by atoms with Crippen LogP contribution < -0.4 is 10.6 Å². The maximum absolute atomic E-state index is 13.8. The number of nitrogens with one attached hydrogen (secondary N) is 2. The van der Waals surface area contributed by atoms with Crippen molar-refractivity contribution in [1.29, 1.82) is 0 Å². The van der Waals surface area contributed by atoms with Gasteiger partial charge >= 0.3 is 6.09 Å². The first-order valence-corrected chi connectivity index (χ1v) is 10.9. The molecule has 0 spiro atoms. The van der Waals surface area contributed by atoms with Crippen molar-refractivity contribution in [3.8, 4) is 11.3 Å². The molecule has 3 rings (SSSR count). The Balaban J connectivity index is 1.59. The number of likely N-dealkylation sites (N-methyl/N-ethyl adjacent to an activating group) is 1. The number of halogens is 5. The zero-order valence-electron chi connectivity index (χ0n) is 18.6. The first-order valence-electron chi connectivity index (χ1n) is 10.5. The number of carbonyl (C=O) groups excluding carboxylic acids is 1. The van der Waals surface area contributed by atoms with Gasteiger partial charge in [0.15, 0.2) is 0 Å². The standard InChI is InChI=1S/C23H23ClF4N4O3/c1-32(12-15-5-3-7-18(26)22(15)24)17(10-29-11-20(27)28)13-34-23(33)30-21-9-19(31-35-21)14-4-2-6-16(25)8-14/h2-9,17,20,29H,10-13H2,1H3,(H,30,33). The van der Waals surface area contributed by atoms with E-state index in [1.807, 2.05) is 0 Å². The molecule has 0 aliphatic rings. The van der Waals surface area contributed by atoms with Gasteiger partial charge in [-0.15, -0.1) is 0 Å². The predicted octanol–water partition coefficient (Wildman–Crippen LogP) is 5.18. The summed E-state index contributed by atoms with van der Waals surface area (Å²) < 4.78 is 62.6. The first-order chi connectivity index (χ1) is 16.7. The van der Waals surface area contributed by atoms with Crippen LogP contribution in [0.1, 0.15) is 5.56 Å². The fourth-order valence-corrected chi connectivity index (χ4v) is 3.38. The summed E-state index contributed by atoms with van der Waals surface area (Å²) in [7, 11) is 1.67. The van der Waals surface area contributed by atoms with Crippen molar-refractivity contribution in [2.24, 2.45) is 0 Å². The third-order valence-electron chi connectivity index (χ3n) is 5.02. The summed E-state index contributed by atoms with van der Waals surface area (Å²) >= 11 is 6.01. The third-order valence-corrected chi connectivity index (χ3v) is 5.44. The molecule has 7 nitrogen and oxygen atoms in total. The van der Waals surface area contributed by atoms with E-state index in [0.29, 0.717) is 16.8 Å². The lowest BCUT2D eigenvalue weighted by atomic mass is 10.1. The molecule has 12 heteroatoms. The molecule has 0 radical (unpaired) electrons. The van der Waals surface area contributed by atoms with Gasteiger partial charge in [0.2, 0.25) is 5.88 Å². The minimum absolute atomic E-state index is 0.0264. The highest BCUT2D eigenvalue weighted by Crippen LogP contribution is 2.23. The number of hydrogen-bond acceptors (Lipinski definition) is 6. The quantitative estimate of drug-likeness (QED) is 0.343. The Morgan fingerprint density at radius 2 is 1.94 bits per heavy atom. The van der Waals surface area contributed by atoms with Gasteiger partial charge < -0.3 is 14.6 Å². The molecule has 0 fully saturated rings. The van der Waals surface area contributed by atoms with Crippen molar-refractivity contribution in [1.82, 2.24) is 15.4 Å². The summed E-state index contributed by atoms with van der Waals surface area (Å²) in [6, 6.07) is 10.9. The lowest BCUT2D eigenvalue weighted by molar-refractivity contribution is 0.0991. The minimum atomic E-state index is -2.55. The topological polar surface area (TPSA) is 79.6 Å². The zero-order chi connectivity index (χ0) is 25.4. The second-order valence-electron chi connectivity index (χ2n) is 7.64. The zero-order valence-corrected chi connectivity index (χ0v) is 19.4. The maximum Gasteiger partial charge on any atom is 0.414 e. The highest BCUT2D eigenvalue weighted by molar-refractivity contribution is 6.31. The molecular weight excluding hydrogens is 492 g/mol. The van der Waals surface area contributed by atoms with Crippen LogP contribution in [0.25, 0.3) is 11.3 Å². The number of aromatic nitrogens is 1. The van der Waals surface area contributed by atoms with Crippen LogP contribution in [0.3, 0.4) is 0 Å². The van der Waals surface area contributed by atoms with Crippen LogP contribution in [-0.4, -0.2) is 55.4 Å². The SMILES string of the molecule is CN(Cc1cccc(F)c1Cl)C(CNCC(F)F)COC(=O)Nc1cc(-c2cccc(F)c2)no1. The molecule has 2 aromatic carbocycles. The van der Waals surface area contributed by atoms with Gasteiger partial charge in [-0.05, 0) is 30.8 Å². The normalized spacial score (nSPS) is 12.2. The Morgan fingerprint density at radius 1 is 1.17 bits per heavy atom. The van der Waals surface area contributed by atoms with E-state index in [1.54, 1.807) is 24.1 Å². The Morgan fingerprint density at radius 3 is 2.69 bits per heavy atom. The monoisotopic (exact) mass is 514 g/mol. The number of hydrogen-bond donors (Lipinski definition) is 2. The Labute approximate surface area is 204 Å². The van der Waals surface area contributed by atoms with Gasteiger partial charge in [-0.2, -0.15) is 0 Å². The average molecular weight is 515 g/mol. The van der Waals surface area contributed by atoms with Crippen molar-refractivity contribution in [2.45, 2.75) is 19.0 Å². The van der Waals surface area contributed by atoms with E-state index in [1.165, 1.54) is 36.4 Å². The lowest BCUT2D eigenvalue weighted by Gasteiger charge is -2.28. The van der Waals surface area contributed by atoms with Crippen molar-refractivity contribution >= 4 is 23.6 Å². The summed E-state index contributed by atoms with van der Waals surface area (Å²) in [5.41, 5.74) is 1.25. The second kappa shape index (κ2) is 12.5. The number of anilines is 1. The number of benzene rings is 2. The lowest BCUT2D eigenvalue weighted by Crippen LogP contribution is -2.44. The molecule has 0 saturated carbocycles. The second-order valence-corrected chi connectivity index (χ2v) is 8.02. The summed E-state index contributed by atoms with van der Waals surface area (Å²) in [6.07, 6.45) is -3.43. The molecule has 1 unspecified atom stereocenters. The molecule has 0 saturated heterocycles. The molecule has 1 heterocycles. The van der Waals surface area contributed by atoms with Crippen molar-refractivity contribution in [2.75, 3.05) is 32.1 Å². The van der Waals surface area contributed by atoms with Gasteiger partial charge in [0.25, 0.3) is 6.43 Å². The average Bonchev–Trinajstić information content (AvgIpc) is 3.27. The van der Waals surface area contributed by atoms with Crippen LogP contribution in [0.4, 0.5) is 28.2 Å². The number of alkyl halides is 2. The molecule has 2 N–H and O–H groups in total. The van der Waals surface area contributed by atoms with E-state index in [-0.39, 0.29) is 30.6 Å². The van der Waals surface area contributed by atoms with Gasteiger partial charge in [-0.25, -0.2) is 22.4 Å². The smallest absolute Gasteiger partial charge is 0.414 e. The molecule has 1 atom stereocenters. The Bertz CT molecular complexity index is 1130. The predicted molar refractivity (Wildman–Crippen MR) is 122 cm³/mol. The number of nitrogens with zero attached hydrogens (tertiary/aromatic N) is 2. The maximum atomic E-state index is 13.8. The Hall–Kier alpha value is -3.15. The van der Waals surface area contributed by atoms with Gasteiger partial charge in [-0.1, -0.05) is 41.0 Å². The summed E-state index contributed by atoms with van der Waals surface area (Å²) in [4.78, 5) is 14.0. The van der Waals surface area contributed by atoms with Crippen molar-refractivity contribution in [3.05, 3.63) is 70.8 Å². The van der Waals surface area contributed by atoms with Crippen LogP contribution in [0, 0.1) is 11.6 Å². The van der Waals surface area contributed by atoms with Crippen LogP contribution in [0.15, 0.2) is 53.1 Å². The van der Waals surface area contributed by atoms with Crippen LogP contribution in [0.2, 0.25) is 5.02 Å². The van der Waals surface area contributed by atoms with Gasteiger partial charge in [0.1, 0.15) is 23.9 Å². The Kier molecular flexibility index (Phi) is 9.47. The first kappa shape index (κ1) is 26.5. The van der Waals surface area contributed by atoms with E-state index >= 15 is 0 Å². The summed E-state index contributed by atoms with van der Waals surface area (Å²) in [5, 5.41) is 8.71. The molecule has 3 aromatic rings. The third kappa shape index (κ3) is 7.94. The van der Waals surface area contributed by atoms with E-state index < -0.39 is 36.7 Å². The van der Waals surface area contributed by atoms with Gasteiger partial charge in [0.05, 0.1) is 17.6 Å². The molecule has 1 amide bonds. The number of amides is 1. The van der Waals surface area contributed by atoms with E-state index in [0.717, 1.165) is 0 Å². The van der Waals surface area contributed by atoms with Crippen molar-refractivity contribution < 1.29 is 31.6 Å².